The zero-order valence-electron chi connectivity index (χ0n) is 33.2. The molecule has 0 saturated carbocycles. The quantitative estimate of drug-likeness (QED) is 0.0389. The summed E-state index contributed by atoms with van der Waals surface area (Å²) in [7, 11) is 1.79. The number of allylic oxidation sites excluding steroid dienone is 4. The van der Waals surface area contributed by atoms with Crippen LogP contribution in [-0.2, 0) is 9.59 Å². The second-order valence-corrected chi connectivity index (χ2v) is 14.7. The first kappa shape index (κ1) is 47.3. The molecule has 2 unspecified atom stereocenters. The number of nitrogens with one attached hydrogen (secondary N) is 3. The first-order valence-corrected chi connectivity index (χ1v) is 21.1. The fourth-order valence-corrected chi connectivity index (χ4v) is 6.76. The number of carbonyl (C=O) groups excluding carboxylic acids is 2. The van der Waals surface area contributed by atoms with Crippen LogP contribution in [0.2, 0.25) is 0 Å². The van der Waals surface area contributed by atoms with Crippen molar-refractivity contribution in [2.24, 2.45) is 0 Å². The van der Waals surface area contributed by atoms with Crippen LogP contribution in [0.4, 0.5) is 0 Å². The summed E-state index contributed by atoms with van der Waals surface area (Å²) in [6.45, 7) is 8.17. The molecule has 2 atom stereocenters. The molecule has 288 valence electrons. The highest BCUT2D eigenvalue weighted by Gasteiger charge is 2.41. The molecule has 49 heavy (non-hydrogen) atoms. The maximum atomic E-state index is 12.8. The first-order chi connectivity index (χ1) is 23.9. The van der Waals surface area contributed by atoms with Crippen molar-refractivity contribution in [1.29, 1.82) is 0 Å². The van der Waals surface area contributed by atoms with E-state index < -0.39 is 5.54 Å². The molecule has 0 aromatic carbocycles. The molecule has 0 rings (SSSR count). The zero-order valence-corrected chi connectivity index (χ0v) is 33.2. The van der Waals surface area contributed by atoms with Crippen LogP contribution in [0.3, 0.4) is 0 Å². The van der Waals surface area contributed by atoms with Crippen molar-refractivity contribution in [1.82, 2.24) is 16.0 Å². The molecule has 6 heteroatoms. The van der Waals surface area contributed by atoms with E-state index in [0.29, 0.717) is 12.8 Å². The van der Waals surface area contributed by atoms with Crippen LogP contribution < -0.4 is 16.0 Å². The third-order valence-corrected chi connectivity index (χ3v) is 10.4. The van der Waals surface area contributed by atoms with E-state index >= 15 is 0 Å². The van der Waals surface area contributed by atoms with Gasteiger partial charge in [0.15, 0.2) is 0 Å². The second kappa shape index (κ2) is 34.8. The minimum absolute atomic E-state index is 0.00465. The van der Waals surface area contributed by atoms with Crippen molar-refractivity contribution < 1.29 is 14.7 Å². The molecule has 0 fully saturated rings. The van der Waals surface area contributed by atoms with E-state index in [9.17, 15) is 14.7 Å². The Balaban J connectivity index is 4.07. The molecule has 0 aliphatic heterocycles. The highest BCUT2D eigenvalue weighted by molar-refractivity contribution is 5.77. The number of hydrogen-bond acceptors (Lipinski definition) is 4. The number of rotatable bonds is 36. The molecular weight excluding hydrogens is 606 g/mol. The standard InChI is InChI=1S/C43H83N3O3/c1-6-8-10-12-14-16-18-20-22-24-26-28-30-32-34-36-41(48)45-39(3)43(38-47,44-5)40(4)46-42(49)37-35-33-31-29-27-25-23-21-19-17-15-13-11-9-7-2/h20-23,39-40,44,47H,6-19,24-38H2,1-5H3,(H,45,48)(H,46,49). The number of hydrogen-bond donors (Lipinski definition) is 4. The lowest BCUT2D eigenvalue weighted by Gasteiger charge is -2.42. The summed E-state index contributed by atoms with van der Waals surface area (Å²) in [5.74, 6) is 0.00930. The smallest absolute Gasteiger partial charge is 0.220 e. The van der Waals surface area contributed by atoms with Crippen molar-refractivity contribution >= 4 is 11.8 Å². The SMILES string of the molecule is CCCCCCCCC=CCCCCCCCC(=O)NC(C)C(CO)(NC)C(C)NC(=O)CCCCCCCC=CCCCCCCCC. The Hall–Kier alpha value is -1.66. The molecule has 0 heterocycles. The van der Waals surface area contributed by atoms with Crippen molar-refractivity contribution in [2.45, 2.75) is 225 Å². The lowest BCUT2D eigenvalue weighted by atomic mass is 9.84. The van der Waals surface area contributed by atoms with E-state index in [-0.39, 0.29) is 30.5 Å². The fourth-order valence-electron chi connectivity index (χ4n) is 6.76. The highest BCUT2D eigenvalue weighted by atomic mass is 16.3. The average molecular weight is 690 g/mol. The fraction of sp³-hybridized carbons (Fsp3) is 0.860. The van der Waals surface area contributed by atoms with Crippen LogP contribution >= 0.6 is 0 Å². The Morgan fingerprint density at radius 3 is 1.08 bits per heavy atom. The van der Waals surface area contributed by atoms with Crippen molar-refractivity contribution in [3.63, 3.8) is 0 Å². The van der Waals surface area contributed by atoms with E-state index in [4.69, 9.17) is 0 Å². The molecule has 0 aliphatic rings. The maximum absolute atomic E-state index is 12.8. The van der Waals surface area contributed by atoms with Crippen LogP contribution in [0.15, 0.2) is 24.3 Å². The van der Waals surface area contributed by atoms with E-state index in [0.717, 1.165) is 51.4 Å². The van der Waals surface area contributed by atoms with Gasteiger partial charge in [-0.15, -0.1) is 0 Å². The number of amides is 2. The summed E-state index contributed by atoms with van der Waals surface area (Å²) < 4.78 is 0. The third-order valence-electron chi connectivity index (χ3n) is 10.4. The summed E-state index contributed by atoms with van der Waals surface area (Å²) in [5, 5.41) is 19.8. The monoisotopic (exact) mass is 690 g/mol. The molecule has 0 aromatic heterocycles. The minimum Gasteiger partial charge on any atom is -0.394 e. The van der Waals surface area contributed by atoms with Gasteiger partial charge in [-0.05, 0) is 85.1 Å². The minimum atomic E-state index is -0.837. The summed E-state index contributed by atoms with van der Waals surface area (Å²) >= 11 is 0. The van der Waals surface area contributed by atoms with Crippen LogP contribution in [0.1, 0.15) is 207 Å². The molecule has 0 aromatic rings. The van der Waals surface area contributed by atoms with Gasteiger partial charge in [-0.25, -0.2) is 0 Å². The summed E-state index contributed by atoms with van der Waals surface area (Å²) in [4.78, 5) is 25.5. The number of aliphatic hydroxyl groups excluding tert-OH is 1. The molecular formula is C43H83N3O3. The van der Waals surface area contributed by atoms with E-state index in [1.54, 1.807) is 7.05 Å². The van der Waals surface area contributed by atoms with Crippen molar-refractivity contribution in [2.75, 3.05) is 13.7 Å². The van der Waals surface area contributed by atoms with Gasteiger partial charge in [0.1, 0.15) is 0 Å². The molecule has 0 saturated heterocycles. The van der Waals surface area contributed by atoms with Crippen molar-refractivity contribution in [3.05, 3.63) is 24.3 Å². The Labute approximate surface area is 304 Å². The summed E-state index contributed by atoms with van der Waals surface area (Å²) in [6, 6.07) is -0.679. The summed E-state index contributed by atoms with van der Waals surface area (Å²) in [5.41, 5.74) is -0.837. The largest absolute Gasteiger partial charge is 0.394 e. The predicted octanol–water partition coefficient (Wildman–Crippen LogP) is 11.0. The van der Waals surface area contributed by atoms with Crippen LogP contribution in [0, 0.1) is 0 Å². The van der Waals surface area contributed by atoms with Crippen LogP contribution in [0.25, 0.3) is 0 Å². The third kappa shape index (κ3) is 26.8. The normalized spacial score (nSPS) is 14.3. The molecule has 0 spiro atoms. The molecule has 0 aliphatic carbocycles. The molecule has 0 bridgehead atoms. The summed E-state index contributed by atoms with van der Waals surface area (Å²) in [6.07, 6.45) is 42.5. The average Bonchev–Trinajstić information content (AvgIpc) is 3.09. The van der Waals surface area contributed by atoms with E-state index in [1.807, 2.05) is 13.8 Å². The van der Waals surface area contributed by atoms with E-state index in [2.05, 4.69) is 54.1 Å². The lowest BCUT2D eigenvalue weighted by molar-refractivity contribution is -0.123. The van der Waals surface area contributed by atoms with Gasteiger partial charge in [-0.2, -0.15) is 0 Å². The first-order valence-electron chi connectivity index (χ1n) is 21.1. The zero-order chi connectivity index (χ0) is 36.3. The number of likely N-dealkylation sites (N-methyl/N-ethyl adjacent to an activating group) is 1. The number of unbranched alkanes of at least 4 members (excludes halogenated alkanes) is 22. The van der Waals surface area contributed by atoms with Gasteiger partial charge >= 0.3 is 0 Å². The van der Waals surface area contributed by atoms with Crippen LogP contribution in [0.5, 0.6) is 0 Å². The van der Waals surface area contributed by atoms with Gasteiger partial charge in [0.2, 0.25) is 11.8 Å². The van der Waals surface area contributed by atoms with Gasteiger partial charge in [0.25, 0.3) is 0 Å². The molecule has 4 N–H and O–H groups in total. The van der Waals surface area contributed by atoms with Gasteiger partial charge in [0, 0.05) is 24.9 Å². The topological polar surface area (TPSA) is 90.5 Å². The Kier molecular flexibility index (Phi) is 33.6. The molecule has 2 amide bonds. The molecule has 6 nitrogen and oxygen atoms in total. The van der Waals surface area contributed by atoms with Gasteiger partial charge in [-0.3, -0.25) is 9.59 Å². The molecule has 0 radical (unpaired) electrons. The van der Waals surface area contributed by atoms with Crippen LogP contribution in [-0.4, -0.2) is 48.2 Å². The second-order valence-electron chi connectivity index (χ2n) is 14.7. The van der Waals surface area contributed by atoms with Gasteiger partial charge in [-0.1, -0.05) is 141 Å². The van der Waals surface area contributed by atoms with Gasteiger partial charge < -0.3 is 21.1 Å². The number of aliphatic hydroxyl groups is 1. The van der Waals surface area contributed by atoms with Crippen molar-refractivity contribution in [3.8, 4) is 0 Å². The van der Waals surface area contributed by atoms with E-state index in [1.165, 1.54) is 116 Å². The Morgan fingerprint density at radius 1 is 0.510 bits per heavy atom. The number of carbonyl (C=O) groups is 2. The Morgan fingerprint density at radius 2 is 0.796 bits per heavy atom. The lowest BCUT2D eigenvalue weighted by Crippen LogP contribution is -2.70. The Bertz CT molecular complexity index is 746. The van der Waals surface area contributed by atoms with Gasteiger partial charge in [0.05, 0.1) is 12.1 Å². The maximum Gasteiger partial charge on any atom is 0.220 e. The predicted molar refractivity (Wildman–Crippen MR) is 213 cm³/mol. The highest BCUT2D eigenvalue weighted by Crippen LogP contribution is 2.18.